The first-order chi connectivity index (χ1) is 7.75. The number of hydrogen-bond donors (Lipinski definition) is 2. The van der Waals surface area contributed by atoms with Crippen LogP contribution in [0.4, 0.5) is 33.3 Å². The van der Waals surface area contributed by atoms with E-state index in [2.05, 4.69) is 0 Å². The van der Waals surface area contributed by atoms with E-state index in [-0.39, 0.29) is 5.69 Å². The van der Waals surface area contributed by atoms with E-state index in [1.54, 1.807) is 0 Å². The molecule has 0 aliphatic rings. The number of halogens is 5. The molecule has 17 heavy (non-hydrogen) atoms. The topological polar surface area (TPSA) is 55.1 Å². The Kier molecular flexibility index (Phi) is 3.54. The SMILES string of the molecule is Nc1cc(NC(=O)C(F)(F)C(F)F)ccc1F. The molecule has 1 rings (SSSR count). The van der Waals surface area contributed by atoms with Gasteiger partial charge in [0.05, 0.1) is 5.69 Å². The van der Waals surface area contributed by atoms with Crippen molar-refractivity contribution < 1.29 is 26.7 Å². The Morgan fingerprint density at radius 1 is 1.35 bits per heavy atom. The number of benzene rings is 1. The first-order valence-electron chi connectivity index (χ1n) is 4.27. The van der Waals surface area contributed by atoms with Crippen LogP contribution in [-0.4, -0.2) is 18.3 Å². The highest BCUT2D eigenvalue weighted by atomic mass is 19.3. The Morgan fingerprint density at radius 2 is 1.94 bits per heavy atom. The van der Waals surface area contributed by atoms with E-state index in [1.807, 2.05) is 0 Å². The van der Waals surface area contributed by atoms with Crippen molar-refractivity contribution in [1.29, 1.82) is 0 Å². The lowest BCUT2D eigenvalue weighted by atomic mass is 10.2. The average Bonchev–Trinajstić information content (AvgIpc) is 2.23. The summed E-state index contributed by atoms with van der Waals surface area (Å²) in [5.74, 6) is -7.81. The molecule has 0 aromatic heterocycles. The second-order valence-electron chi connectivity index (χ2n) is 3.11. The zero-order valence-electron chi connectivity index (χ0n) is 8.18. The summed E-state index contributed by atoms with van der Waals surface area (Å²) in [4.78, 5) is 10.8. The van der Waals surface area contributed by atoms with Gasteiger partial charge in [0.25, 0.3) is 0 Å². The molecule has 0 unspecified atom stereocenters. The van der Waals surface area contributed by atoms with E-state index in [4.69, 9.17) is 5.73 Å². The van der Waals surface area contributed by atoms with E-state index >= 15 is 0 Å². The highest BCUT2D eigenvalue weighted by Gasteiger charge is 2.48. The lowest BCUT2D eigenvalue weighted by molar-refractivity contribution is -0.163. The van der Waals surface area contributed by atoms with Gasteiger partial charge in [-0.3, -0.25) is 4.79 Å². The summed E-state index contributed by atoms with van der Waals surface area (Å²) in [6.07, 6.45) is -4.12. The molecule has 94 valence electrons. The van der Waals surface area contributed by atoms with Gasteiger partial charge in [-0.25, -0.2) is 13.2 Å². The van der Waals surface area contributed by atoms with Gasteiger partial charge in [0.2, 0.25) is 0 Å². The maximum atomic E-state index is 12.7. The molecule has 8 heteroatoms. The zero-order chi connectivity index (χ0) is 13.2. The Morgan fingerprint density at radius 3 is 2.41 bits per heavy atom. The maximum absolute atomic E-state index is 12.7. The molecule has 0 aliphatic heterocycles. The third kappa shape index (κ3) is 2.83. The van der Waals surface area contributed by atoms with Crippen LogP contribution in [0.3, 0.4) is 0 Å². The van der Waals surface area contributed by atoms with Gasteiger partial charge in [-0.1, -0.05) is 0 Å². The Hall–Kier alpha value is -1.86. The number of nitrogens with two attached hydrogens (primary N) is 1. The van der Waals surface area contributed by atoms with Gasteiger partial charge in [0.1, 0.15) is 5.82 Å². The number of nitrogen functional groups attached to an aromatic ring is 1. The normalized spacial score (nSPS) is 11.6. The first-order valence-corrected chi connectivity index (χ1v) is 4.27. The van der Waals surface area contributed by atoms with Crippen LogP contribution in [0.5, 0.6) is 0 Å². The average molecular weight is 254 g/mol. The first kappa shape index (κ1) is 13.2. The Labute approximate surface area is 92.4 Å². The second-order valence-corrected chi connectivity index (χ2v) is 3.11. The van der Waals surface area contributed by atoms with E-state index in [0.29, 0.717) is 0 Å². The van der Waals surface area contributed by atoms with E-state index < -0.39 is 29.8 Å². The third-order valence-corrected chi connectivity index (χ3v) is 1.83. The maximum Gasteiger partial charge on any atom is 0.383 e. The molecular formula is C9H7F5N2O. The van der Waals surface area contributed by atoms with Crippen molar-refractivity contribution in [1.82, 2.24) is 0 Å². The number of hydrogen-bond acceptors (Lipinski definition) is 2. The molecule has 0 radical (unpaired) electrons. The quantitative estimate of drug-likeness (QED) is 0.642. The summed E-state index contributed by atoms with van der Waals surface area (Å²) in [6, 6.07) is 2.57. The monoisotopic (exact) mass is 254 g/mol. The van der Waals surface area contributed by atoms with Crippen LogP contribution in [0.1, 0.15) is 0 Å². The largest absolute Gasteiger partial charge is 0.396 e. The lowest BCUT2D eigenvalue weighted by Crippen LogP contribution is -2.41. The minimum absolute atomic E-state index is 0.297. The molecule has 1 aromatic rings. The van der Waals surface area contributed by atoms with E-state index in [9.17, 15) is 26.7 Å². The van der Waals surface area contributed by atoms with Crippen molar-refractivity contribution in [2.75, 3.05) is 11.1 Å². The highest BCUT2D eigenvalue weighted by molar-refractivity contribution is 5.96. The van der Waals surface area contributed by atoms with Crippen molar-refractivity contribution in [2.45, 2.75) is 12.3 Å². The molecule has 0 saturated carbocycles. The van der Waals surface area contributed by atoms with Gasteiger partial charge in [-0.2, -0.15) is 8.78 Å². The molecule has 0 heterocycles. The molecule has 0 spiro atoms. The van der Waals surface area contributed by atoms with Crippen molar-refractivity contribution in [3.63, 3.8) is 0 Å². The summed E-state index contributed by atoms with van der Waals surface area (Å²) in [5.41, 5.74) is 4.41. The van der Waals surface area contributed by atoms with Crippen LogP contribution in [-0.2, 0) is 4.79 Å². The molecule has 0 fully saturated rings. The zero-order valence-corrected chi connectivity index (χ0v) is 8.18. The van der Waals surface area contributed by atoms with Gasteiger partial charge < -0.3 is 11.1 Å². The van der Waals surface area contributed by atoms with Crippen molar-refractivity contribution >= 4 is 17.3 Å². The highest BCUT2D eigenvalue weighted by Crippen LogP contribution is 2.25. The van der Waals surface area contributed by atoms with Crippen LogP contribution in [0, 0.1) is 5.82 Å². The molecule has 1 aromatic carbocycles. The summed E-state index contributed by atoms with van der Waals surface area (Å²) in [5, 5.41) is 1.52. The minimum atomic E-state index is -4.82. The number of rotatable bonds is 3. The molecule has 0 bridgehead atoms. The fourth-order valence-electron chi connectivity index (χ4n) is 0.935. The molecule has 3 nitrogen and oxygen atoms in total. The van der Waals surface area contributed by atoms with Crippen LogP contribution in [0.15, 0.2) is 18.2 Å². The Bertz CT molecular complexity index is 435. The molecular weight excluding hydrogens is 247 g/mol. The second kappa shape index (κ2) is 4.56. The fraction of sp³-hybridized carbons (Fsp3) is 0.222. The van der Waals surface area contributed by atoms with E-state index in [0.717, 1.165) is 18.2 Å². The van der Waals surface area contributed by atoms with Gasteiger partial charge in [0, 0.05) is 5.69 Å². The third-order valence-electron chi connectivity index (χ3n) is 1.83. The number of amides is 1. The summed E-state index contributed by atoms with van der Waals surface area (Å²) in [7, 11) is 0. The predicted molar refractivity (Wildman–Crippen MR) is 50.4 cm³/mol. The number of alkyl halides is 4. The van der Waals surface area contributed by atoms with Crippen molar-refractivity contribution in [3.05, 3.63) is 24.0 Å². The van der Waals surface area contributed by atoms with Gasteiger partial charge in [-0.15, -0.1) is 0 Å². The standard InChI is InChI=1S/C9H7F5N2O/c10-5-2-1-4(3-6(5)15)16-8(17)9(13,14)7(11)12/h1-3,7H,15H2,(H,16,17). The van der Waals surface area contributed by atoms with Crippen molar-refractivity contribution in [2.24, 2.45) is 0 Å². The number of carbonyl (C=O) groups is 1. The van der Waals surface area contributed by atoms with Crippen LogP contribution in [0.25, 0.3) is 0 Å². The summed E-state index contributed by atoms with van der Waals surface area (Å²) >= 11 is 0. The van der Waals surface area contributed by atoms with Crippen LogP contribution in [0.2, 0.25) is 0 Å². The summed E-state index contributed by atoms with van der Waals surface area (Å²) < 4.78 is 61.4. The van der Waals surface area contributed by atoms with Gasteiger partial charge in [-0.05, 0) is 18.2 Å². The lowest BCUT2D eigenvalue weighted by Gasteiger charge is -2.14. The summed E-state index contributed by atoms with van der Waals surface area (Å²) in [6.45, 7) is 0. The molecule has 3 N–H and O–H groups in total. The Balaban J connectivity index is 2.85. The number of carbonyl (C=O) groups excluding carboxylic acids is 1. The molecule has 0 atom stereocenters. The number of anilines is 2. The fourth-order valence-corrected chi connectivity index (χ4v) is 0.935. The van der Waals surface area contributed by atoms with Crippen LogP contribution < -0.4 is 11.1 Å². The van der Waals surface area contributed by atoms with E-state index in [1.165, 1.54) is 5.32 Å². The smallest absolute Gasteiger partial charge is 0.383 e. The van der Waals surface area contributed by atoms with Crippen LogP contribution >= 0.6 is 0 Å². The van der Waals surface area contributed by atoms with Gasteiger partial charge >= 0.3 is 18.3 Å². The van der Waals surface area contributed by atoms with Crippen molar-refractivity contribution in [3.8, 4) is 0 Å². The minimum Gasteiger partial charge on any atom is -0.396 e. The van der Waals surface area contributed by atoms with Gasteiger partial charge in [0.15, 0.2) is 0 Å². The molecule has 1 amide bonds. The molecule has 0 aliphatic carbocycles. The molecule has 0 saturated heterocycles. The predicted octanol–water partition coefficient (Wildman–Crippen LogP) is 2.25. The number of nitrogens with one attached hydrogen (secondary N) is 1.